The molecule has 1 fully saturated rings. The van der Waals surface area contributed by atoms with E-state index in [0.717, 1.165) is 43.5 Å². The average molecular weight is 317 g/mol. The Kier molecular flexibility index (Phi) is 5.15. The van der Waals surface area contributed by atoms with Crippen LogP contribution in [0.2, 0.25) is 0 Å². The lowest BCUT2D eigenvalue weighted by molar-refractivity contribution is 0.0337. The molecule has 116 valence electrons. The predicted octanol–water partition coefficient (Wildman–Crippen LogP) is 1.91. The molecule has 0 aliphatic carbocycles. The fraction of sp³-hybridized carbons (Fsp3) is 0.375. The molecule has 1 aliphatic heterocycles. The van der Waals surface area contributed by atoms with Gasteiger partial charge in [0.15, 0.2) is 0 Å². The van der Waals surface area contributed by atoms with Crippen LogP contribution < -0.4 is 5.32 Å². The third-order valence-corrected chi connectivity index (χ3v) is 4.42. The second-order valence-corrected chi connectivity index (χ2v) is 6.11. The molecule has 2 aromatic rings. The van der Waals surface area contributed by atoms with E-state index in [-0.39, 0.29) is 5.91 Å². The van der Waals surface area contributed by atoms with Crippen molar-refractivity contribution >= 4 is 17.2 Å². The molecule has 1 amide bonds. The van der Waals surface area contributed by atoms with Crippen LogP contribution in [0.1, 0.15) is 21.1 Å². The summed E-state index contributed by atoms with van der Waals surface area (Å²) in [5.74, 6) is -0.0643. The van der Waals surface area contributed by atoms with Crippen LogP contribution in [0.15, 0.2) is 35.7 Å². The number of hydrogen-bond donors (Lipinski definition) is 1. The van der Waals surface area contributed by atoms with Crippen molar-refractivity contribution in [3.05, 3.63) is 52.0 Å². The first kappa shape index (κ1) is 15.1. The molecule has 3 rings (SSSR count). The molecule has 0 saturated carbocycles. The van der Waals surface area contributed by atoms with Crippen LogP contribution in [0.25, 0.3) is 0 Å². The summed E-state index contributed by atoms with van der Waals surface area (Å²) in [4.78, 5) is 18.9. The Bertz CT molecular complexity index is 609. The van der Waals surface area contributed by atoms with Crippen molar-refractivity contribution < 1.29 is 9.53 Å². The lowest BCUT2D eigenvalue weighted by Gasteiger charge is -2.25. The van der Waals surface area contributed by atoms with E-state index < -0.39 is 0 Å². The Labute approximate surface area is 133 Å². The Balaban J connectivity index is 1.50. The van der Waals surface area contributed by atoms with Crippen LogP contribution in [0, 0.1) is 0 Å². The van der Waals surface area contributed by atoms with E-state index in [1.54, 1.807) is 23.5 Å². The SMILES string of the molecule is O=C(NCc1nc(CN2CCOCC2)cs1)c1ccccc1. The summed E-state index contributed by atoms with van der Waals surface area (Å²) in [5.41, 5.74) is 1.74. The van der Waals surface area contributed by atoms with Crippen molar-refractivity contribution in [3.8, 4) is 0 Å². The minimum Gasteiger partial charge on any atom is -0.379 e. The summed E-state index contributed by atoms with van der Waals surface area (Å²) >= 11 is 1.59. The minimum absolute atomic E-state index is 0.0643. The van der Waals surface area contributed by atoms with Gasteiger partial charge in [-0.1, -0.05) is 18.2 Å². The maximum absolute atomic E-state index is 12.0. The number of nitrogens with one attached hydrogen (secondary N) is 1. The largest absolute Gasteiger partial charge is 0.379 e. The first-order chi connectivity index (χ1) is 10.8. The Morgan fingerprint density at radius 1 is 1.27 bits per heavy atom. The predicted molar refractivity (Wildman–Crippen MR) is 85.8 cm³/mol. The summed E-state index contributed by atoms with van der Waals surface area (Å²) < 4.78 is 5.34. The van der Waals surface area contributed by atoms with Crippen LogP contribution in [0.3, 0.4) is 0 Å². The third kappa shape index (κ3) is 4.13. The normalized spacial score (nSPS) is 15.6. The summed E-state index contributed by atoms with van der Waals surface area (Å²) in [6.45, 7) is 4.83. The second kappa shape index (κ2) is 7.49. The molecular weight excluding hydrogens is 298 g/mol. The van der Waals surface area contributed by atoms with Gasteiger partial charge in [-0.15, -0.1) is 11.3 Å². The van der Waals surface area contributed by atoms with Gasteiger partial charge in [-0.3, -0.25) is 9.69 Å². The maximum atomic E-state index is 12.0. The first-order valence-corrected chi connectivity index (χ1v) is 8.26. The lowest BCUT2D eigenvalue weighted by atomic mass is 10.2. The fourth-order valence-electron chi connectivity index (χ4n) is 2.34. The molecule has 1 aromatic carbocycles. The number of carbonyl (C=O) groups excluding carboxylic acids is 1. The van der Waals surface area contributed by atoms with Gasteiger partial charge in [-0.05, 0) is 12.1 Å². The zero-order valence-corrected chi connectivity index (χ0v) is 13.1. The number of ether oxygens (including phenoxy) is 1. The average Bonchev–Trinajstić information content (AvgIpc) is 3.02. The van der Waals surface area contributed by atoms with Crippen molar-refractivity contribution in [2.24, 2.45) is 0 Å². The summed E-state index contributed by atoms with van der Waals surface area (Å²) in [7, 11) is 0. The number of morpholine rings is 1. The molecule has 1 aliphatic rings. The van der Waals surface area contributed by atoms with Gasteiger partial charge in [0.25, 0.3) is 5.91 Å². The number of aromatic nitrogens is 1. The van der Waals surface area contributed by atoms with E-state index in [1.165, 1.54) is 0 Å². The fourth-order valence-corrected chi connectivity index (χ4v) is 3.06. The van der Waals surface area contributed by atoms with Crippen LogP contribution in [0.4, 0.5) is 0 Å². The summed E-state index contributed by atoms with van der Waals surface area (Å²) in [5, 5.41) is 5.91. The van der Waals surface area contributed by atoms with Gasteiger partial charge in [-0.2, -0.15) is 0 Å². The number of nitrogens with zero attached hydrogens (tertiary/aromatic N) is 2. The van der Waals surface area contributed by atoms with Gasteiger partial charge < -0.3 is 10.1 Å². The van der Waals surface area contributed by atoms with E-state index >= 15 is 0 Å². The molecule has 0 atom stereocenters. The van der Waals surface area contributed by atoms with Crippen LogP contribution in [-0.2, 0) is 17.8 Å². The lowest BCUT2D eigenvalue weighted by Crippen LogP contribution is -2.35. The zero-order valence-electron chi connectivity index (χ0n) is 12.3. The standard InChI is InChI=1S/C16H19N3O2S/c20-16(13-4-2-1-3-5-13)17-10-15-18-14(12-22-15)11-19-6-8-21-9-7-19/h1-5,12H,6-11H2,(H,17,20). The summed E-state index contributed by atoms with van der Waals surface area (Å²) in [6, 6.07) is 9.23. The van der Waals surface area contributed by atoms with Gasteiger partial charge in [0.05, 0.1) is 25.5 Å². The van der Waals surface area contributed by atoms with Crippen LogP contribution in [0.5, 0.6) is 0 Å². The number of hydrogen-bond acceptors (Lipinski definition) is 5. The van der Waals surface area contributed by atoms with Crippen molar-refractivity contribution in [1.82, 2.24) is 15.2 Å². The number of carbonyl (C=O) groups is 1. The highest BCUT2D eigenvalue weighted by Gasteiger charge is 2.13. The minimum atomic E-state index is -0.0643. The van der Waals surface area contributed by atoms with Crippen LogP contribution in [-0.4, -0.2) is 42.1 Å². The number of benzene rings is 1. The molecule has 6 heteroatoms. The molecule has 1 saturated heterocycles. The van der Waals surface area contributed by atoms with E-state index in [1.807, 2.05) is 18.2 Å². The van der Waals surface area contributed by atoms with Crippen molar-refractivity contribution in [2.75, 3.05) is 26.3 Å². The molecule has 5 nitrogen and oxygen atoms in total. The molecule has 1 aromatic heterocycles. The highest BCUT2D eigenvalue weighted by Crippen LogP contribution is 2.13. The zero-order chi connectivity index (χ0) is 15.2. The van der Waals surface area contributed by atoms with Gasteiger partial charge in [0, 0.05) is 30.6 Å². The van der Waals surface area contributed by atoms with E-state index in [4.69, 9.17) is 4.74 Å². The number of rotatable bonds is 5. The van der Waals surface area contributed by atoms with Gasteiger partial charge in [0.2, 0.25) is 0 Å². The third-order valence-electron chi connectivity index (χ3n) is 3.52. The monoisotopic (exact) mass is 317 g/mol. The van der Waals surface area contributed by atoms with Crippen molar-refractivity contribution in [2.45, 2.75) is 13.1 Å². The number of amides is 1. The highest BCUT2D eigenvalue weighted by atomic mass is 32.1. The van der Waals surface area contributed by atoms with Crippen LogP contribution >= 0.6 is 11.3 Å². The molecule has 0 radical (unpaired) electrons. The van der Waals surface area contributed by atoms with Crippen molar-refractivity contribution in [3.63, 3.8) is 0 Å². The van der Waals surface area contributed by atoms with E-state index in [2.05, 4.69) is 20.6 Å². The molecule has 0 bridgehead atoms. The van der Waals surface area contributed by atoms with Gasteiger partial charge in [0.1, 0.15) is 5.01 Å². The summed E-state index contributed by atoms with van der Waals surface area (Å²) in [6.07, 6.45) is 0. The van der Waals surface area contributed by atoms with E-state index in [0.29, 0.717) is 12.1 Å². The molecule has 0 spiro atoms. The Hall–Kier alpha value is -1.76. The number of thiazole rings is 1. The molecule has 0 unspecified atom stereocenters. The first-order valence-electron chi connectivity index (χ1n) is 7.38. The maximum Gasteiger partial charge on any atom is 0.251 e. The molecule has 22 heavy (non-hydrogen) atoms. The molecule has 1 N–H and O–H groups in total. The van der Waals surface area contributed by atoms with E-state index in [9.17, 15) is 4.79 Å². The second-order valence-electron chi connectivity index (χ2n) is 5.17. The van der Waals surface area contributed by atoms with Crippen molar-refractivity contribution in [1.29, 1.82) is 0 Å². The van der Waals surface area contributed by atoms with Gasteiger partial charge in [-0.25, -0.2) is 4.98 Å². The highest BCUT2D eigenvalue weighted by molar-refractivity contribution is 7.09. The van der Waals surface area contributed by atoms with Gasteiger partial charge >= 0.3 is 0 Å². The molecule has 2 heterocycles. The smallest absolute Gasteiger partial charge is 0.251 e. The Morgan fingerprint density at radius 3 is 2.82 bits per heavy atom. The Morgan fingerprint density at radius 2 is 2.05 bits per heavy atom. The topological polar surface area (TPSA) is 54.5 Å². The molecular formula is C16H19N3O2S. The quantitative estimate of drug-likeness (QED) is 0.915.